The second-order valence-electron chi connectivity index (χ2n) is 6.40. The highest BCUT2D eigenvalue weighted by Crippen LogP contribution is 2.27. The summed E-state index contributed by atoms with van der Waals surface area (Å²) < 4.78 is 12.8. The topological polar surface area (TPSA) is 96.3 Å². The third-order valence-electron chi connectivity index (χ3n) is 4.04. The SMILES string of the molecule is CN(C)c1cccc(-c2csc(NC(=O)CNC(=O)c3ccn(S(C)=O)c3)n2)c1. The van der Waals surface area contributed by atoms with Crippen molar-refractivity contribution in [1.29, 1.82) is 0 Å². The Labute approximate surface area is 175 Å². The highest BCUT2D eigenvalue weighted by Gasteiger charge is 2.12. The van der Waals surface area contributed by atoms with Crippen LogP contribution < -0.4 is 15.5 Å². The molecule has 0 bridgehead atoms. The Morgan fingerprint density at radius 2 is 2.07 bits per heavy atom. The number of anilines is 2. The van der Waals surface area contributed by atoms with E-state index >= 15 is 0 Å². The predicted molar refractivity (Wildman–Crippen MR) is 117 cm³/mol. The first kappa shape index (κ1) is 20.7. The number of thiazole rings is 1. The molecule has 0 aliphatic carbocycles. The molecule has 0 aliphatic heterocycles. The lowest BCUT2D eigenvalue weighted by molar-refractivity contribution is -0.115. The van der Waals surface area contributed by atoms with Crippen molar-refractivity contribution in [1.82, 2.24) is 14.3 Å². The van der Waals surface area contributed by atoms with Crippen molar-refractivity contribution >= 4 is 45.0 Å². The van der Waals surface area contributed by atoms with Crippen molar-refractivity contribution in [2.24, 2.45) is 0 Å². The molecule has 2 amide bonds. The maximum Gasteiger partial charge on any atom is 0.253 e. The van der Waals surface area contributed by atoms with Crippen LogP contribution in [0.15, 0.2) is 48.1 Å². The van der Waals surface area contributed by atoms with Crippen molar-refractivity contribution < 1.29 is 13.8 Å². The molecule has 10 heteroatoms. The number of benzene rings is 1. The average Bonchev–Trinajstić information content (AvgIpc) is 3.36. The van der Waals surface area contributed by atoms with Crippen LogP contribution in [-0.4, -0.2) is 51.9 Å². The summed E-state index contributed by atoms with van der Waals surface area (Å²) >= 11 is 1.32. The zero-order chi connectivity index (χ0) is 21.0. The molecule has 2 heterocycles. The van der Waals surface area contributed by atoms with E-state index in [1.54, 1.807) is 12.3 Å². The van der Waals surface area contributed by atoms with Crippen LogP contribution in [0.25, 0.3) is 11.3 Å². The van der Waals surface area contributed by atoms with Gasteiger partial charge in [-0.2, -0.15) is 0 Å². The largest absolute Gasteiger partial charge is 0.378 e. The van der Waals surface area contributed by atoms with Crippen LogP contribution in [0.5, 0.6) is 0 Å². The van der Waals surface area contributed by atoms with Crippen molar-refractivity contribution in [3.05, 3.63) is 53.7 Å². The summed E-state index contributed by atoms with van der Waals surface area (Å²) in [5.41, 5.74) is 3.13. The normalized spacial score (nSPS) is 11.7. The van der Waals surface area contributed by atoms with Gasteiger partial charge in [0, 0.05) is 49.4 Å². The zero-order valence-electron chi connectivity index (χ0n) is 16.2. The Balaban J connectivity index is 1.57. The Hall–Kier alpha value is -2.98. The van der Waals surface area contributed by atoms with E-state index in [2.05, 4.69) is 15.6 Å². The number of hydrogen-bond donors (Lipinski definition) is 2. The lowest BCUT2D eigenvalue weighted by Crippen LogP contribution is -2.32. The fraction of sp³-hybridized carbons (Fsp3) is 0.211. The van der Waals surface area contributed by atoms with Crippen LogP contribution in [0.3, 0.4) is 0 Å². The summed E-state index contributed by atoms with van der Waals surface area (Å²) in [6.07, 6.45) is 4.53. The van der Waals surface area contributed by atoms with Crippen LogP contribution in [0.4, 0.5) is 10.8 Å². The quantitative estimate of drug-likeness (QED) is 0.598. The van der Waals surface area contributed by atoms with Gasteiger partial charge in [-0.1, -0.05) is 12.1 Å². The molecule has 3 aromatic rings. The summed E-state index contributed by atoms with van der Waals surface area (Å²) in [6, 6.07) is 9.50. The molecule has 2 N–H and O–H groups in total. The summed E-state index contributed by atoms with van der Waals surface area (Å²) in [4.78, 5) is 30.7. The monoisotopic (exact) mass is 431 g/mol. The molecule has 8 nitrogen and oxygen atoms in total. The Kier molecular flexibility index (Phi) is 6.45. The number of nitrogens with zero attached hydrogens (tertiary/aromatic N) is 3. The molecular formula is C19H21N5O3S2. The molecule has 152 valence electrons. The second kappa shape index (κ2) is 9.01. The molecule has 1 unspecified atom stereocenters. The van der Waals surface area contributed by atoms with Gasteiger partial charge in [0.25, 0.3) is 5.91 Å². The zero-order valence-corrected chi connectivity index (χ0v) is 17.8. The Bertz CT molecular complexity index is 1060. The van der Waals surface area contributed by atoms with Crippen LogP contribution in [0, 0.1) is 0 Å². The van der Waals surface area contributed by atoms with E-state index in [1.807, 2.05) is 48.6 Å². The second-order valence-corrected chi connectivity index (χ2v) is 8.52. The maximum atomic E-state index is 12.1. The summed E-state index contributed by atoms with van der Waals surface area (Å²) in [6.45, 7) is -0.190. The van der Waals surface area contributed by atoms with E-state index in [0.29, 0.717) is 10.7 Å². The lowest BCUT2D eigenvalue weighted by Gasteiger charge is -2.12. The van der Waals surface area contributed by atoms with Crippen LogP contribution in [0.2, 0.25) is 0 Å². The number of aromatic nitrogens is 2. The predicted octanol–water partition coefficient (Wildman–Crippen LogP) is 2.19. The van der Waals surface area contributed by atoms with Crippen molar-refractivity contribution in [3.8, 4) is 11.3 Å². The minimum atomic E-state index is -1.23. The van der Waals surface area contributed by atoms with Crippen LogP contribution >= 0.6 is 11.3 Å². The third-order valence-corrected chi connectivity index (χ3v) is 5.62. The fourth-order valence-electron chi connectivity index (χ4n) is 2.50. The Morgan fingerprint density at radius 1 is 1.28 bits per heavy atom. The molecular weight excluding hydrogens is 410 g/mol. The van der Waals surface area contributed by atoms with E-state index in [1.165, 1.54) is 27.8 Å². The standard InChI is InChI=1S/C19H21N5O3S2/c1-23(2)15-6-4-5-13(9-15)16-12-28-19(21-16)22-17(25)10-20-18(26)14-7-8-24(11-14)29(3)27/h4-9,11-12H,10H2,1-3H3,(H,20,26)(H,21,22,25). The van der Waals surface area contributed by atoms with Gasteiger partial charge in [0.15, 0.2) is 5.13 Å². The minimum Gasteiger partial charge on any atom is -0.378 e. The number of amides is 2. The smallest absolute Gasteiger partial charge is 0.253 e. The van der Waals surface area contributed by atoms with Gasteiger partial charge in [-0.15, -0.1) is 11.3 Å². The molecule has 0 spiro atoms. The maximum absolute atomic E-state index is 12.1. The van der Waals surface area contributed by atoms with Gasteiger partial charge in [-0.3, -0.25) is 13.6 Å². The molecule has 2 aromatic heterocycles. The summed E-state index contributed by atoms with van der Waals surface area (Å²) in [7, 11) is 2.70. The molecule has 0 saturated carbocycles. The van der Waals surface area contributed by atoms with Gasteiger partial charge < -0.3 is 15.5 Å². The molecule has 0 fully saturated rings. The fourth-order valence-corrected chi connectivity index (χ4v) is 3.73. The minimum absolute atomic E-state index is 0.190. The van der Waals surface area contributed by atoms with Gasteiger partial charge in [0.1, 0.15) is 11.0 Å². The number of carbonyl (C=O) groups excluding carboxylic acids is 2. The van der Waals surface area contributed by atoms with Gasteiger partial charge in [0.05, 0.1) is 17.8 Å². The first-order valence-electron chi connectivity index (χ1n) is 8.67. The first-order valence-corrected chi connectivity index (χ1v) is 11.1. The Morgan fingerprint density at radius 3 is 2.76 bits per heavy atom. The van der Waals surface area contributed by atoms with E-state index < -0.39 is 16.9 Å². The van der Waals surface area contributed by atoms with E-state index in [4.69, 9.17) is 0 Å². The van der Waals surface area contributed by atoms with E-state index in [-0.39, 0.29) is 12.5 Å². The highest BCUT2D eigenvalue weighted by molar-refractivity contribution is 7.82. The van der Waals surface area contributed by atoms with Gasteiger partial charge >= 0.3 is 0 Å². The first-order chi connectivity index (χ1) is 13.8. The molecule has 0 aliphatic rings. The number of carbonyl (C=O) groups is 2. The lowest BCUT2D eigenvalue weighted by atomic mass is 10.1. The number of rotatable bonds is 7. The van der Waals surface area contributed by atoms with Crippen molar-refractivity contribution in [2.45, 2.75) is 0 Å². The van der Waals surface area contributed by atoms with Gasteiger partial charge in [0.2, 0.25) is 5.91 Å². The van der Waals surface area contributed by atoms with E-state index in [0.717, 1.165) is 16.9 Å². The average molecular weight is 432 g/mol. The number of hydrogen-bond acceptors (Lipinski definition) is 6. The molecule has 1 atom stereocenters. The third kappa shape index (κ3) is 5.30. The molecule has 0 radical (unpaired) electrons. The van der Waals surface area contributed by atoms with Crippen molar-refractivity contribution in [3.63, 3.8) is 0 Å². The summed E-state index contributed by atoms with van der Waals surface area (Å²) in [5, 5.41) is 7.56. The number of nitrogens with one attached hydrogen (secondary N) is 2. The molecule has 0 saturated heterocycles. The molecule has 1 aromatic carbocycles. The van der Waals surface area contributed by atoms with Crippen molar-refractivity contribution in [2.75, 3.05) is 37.1 Å². The van der Waals surface area contributed by atoms with Gasteiger partial charge in [-0.25, -0.2) is 9.19 Å². The van der Waals surface area contributed by atoms with E-state index in [9.17, 15) is 13.8 Å². The van der Waals surface area contributed by atoms with Gasteiger partial charge in [-0.05, 0) is 18.2 Å². The molecule has 3 rings (SSSR count). The highest BCUT2D eigenvalue weighted by atomic mass is 32.2. The molecule has 29 heavy (non-hydrogen) atoms. The van der Waals surface area contributed by atoms with Crippen LogP contribution in [-0.2, 0) is 15.8 Å². The summed E-state index contributed by atoms with van der Waals surface area (Å²) in [5.74, 6) is -0.788. The van der Waals surface area contributed by atoms with Crippen LogP contribution in [0.1, 0.15) is 10.4 Å².